The molecule has 0 aliphatic carbocycles. The number of fused-ring (bicyclic) bond motifs is 1. The van der Waals surface area contributed by atoms with Gasteiger partial charge in [0.15, 0.2) is 0 Å². The summed E-state index contributed by atoms with van der Waals surface area (Å²) in [6.07, 6.45) is 3.48. The smallest absolute Gasteiger partial charge is 0.308 e. The number of aromatic nitrogens is 2. The van der Waals surface area contributed by atoms with Crippen LogP contribution in [0.15, 0.2) is 54.9 Å². The first-order valence-corrected chi connectivity index (χ1v) is 6.36. The molecule has 0 spiro atoms. The number of nitrogens with zero attached hydrogens (tertiary/aromatic N) is 2. The Morgan fingerprint density at radius 2 is 2.00 bits per heavy atom. The number of benzene rings is 1. The second-order valence-corrected chi connectivity index (χ2v) is 4.58. The number of hydrogen-bond acceptors (Lipinski definition) is 2. The number of para-hydroxylation sites is 1. The van der Waals surface area contributed by atoms with Crippen molar-refractivity contribution in [3.63, 3.8) is 0 Å². The van der Waals surface area contributed by atoms with Crippen molar-refractivity contribution >= 4 is 34.5 Å². The highest BCUT2D eigenvalue weighted by Gasteiger charge is 2.05. The summed E-state index contributed by atoms with van der Waals surface area (Å²) < 4.78 is 1.72. The van der Waals surface area contributed by atoms with Crippen molar-refractivity contribution in [3.8, 4) is 0 Å². The Balaban J connectivity index is 1.74. The Bertz CT molecular complexity index is 768. The number of pyridine rings is 1. The lowest BCUT2D eigenvalue weighted by Crippen LogP contribution is -2.19. The zero-order chi connectivity index (χ0) is 13.9. The van der Waals surface area contributed by atoms with Crippen LogP contribution in [0.1, 0.15) is 0 Å². The molecule has 2 amide bonds. The van der Waals surface area contributed by atoms with Crippen molar-refractivity contribution in [1.29, 1.82) is 0 Å². The van der Waals surface area contributed by atoms with Gasteiger partial charge >= 0.3 is 6.03 Å². The summed E-state index contributed by atoms with van der Waals surface area (Å²) in [4.78, 5) is 11.9. The van der Waals surface area contributed by atoms with Crippen LogP contribution in [0.4, 0.5) is 16.2 Å². The maximum absolute atomic E-state index is 11.9. The molecule has 6 heteroatoms. The second kappa shape index (κ2) is 5.22. The molecule has 0 aliphatic heterocycles. The van der Waals surface area contributed by atoms with E-state index in [1.54, 1.807) is 47.2 Å². The Morgan fingerprint density at radius 3 is 2.85 bits per heavy atom. The van der Waals surface area contributed by atoms with Crippen LogP contribution in [0.3, 0.4) is 0 Å². The molecule has 2 heterocycles. The zero-order valence-corrected chi connectivity index (χ0v) is 11.1. The third kappa shape index (κ3) is 2.57. The lowest BCUT2D eigenvalue weighted by Gasteiger charge is -2.09. The molecule has 5 nitrogen and oxygen atoms in total. The Hall–Kier alpha value is -2.53. The van der Waals surface area contributed by atoms with Crippen LogP contribution in [0.25, 0.3) is 5.52 Å². The van der Waals surface area contributed by atoms with Crippen molar-refractivity contribution in [2.45, 2.75) is 0 Å². The fourth-order valence-electron chi connectivity index (χ4n) is 1.85. The molecule has 0 atom stereocenters. The molecule has 0 unspecified atom stereocenters. The number of halogens is 1. The van der Waals surface area contributed by atoms with E-state index in [0.717, 1.165) is 5.52 Å². The molecule has 0 saturated carbocycles. The second-order valence-electron chi connectivity index (χ2n) is 4.18. The quantitative estimate of drug-likeness (QED) is 0.756. The van der Waals surface area contributed by atoms with Gasteiger partial charge in [-0.3, -0.25) is 0 Å². The molecule has 3 rings (SSSR count). The molecule has 2 N–H and O–H groups in total. The molecule has 20 heavy (non-hydrogen) atoms. The van der Waals surface area contributed by atoms with Gasteiger partial charge in [-0.05, 0) is 30.3 Å². The van der Waals surface area contributed by atoms with E-state index in [-0.39, 0.29) is 6.03 Å². The van der Waals surface area contributed by atoms with Gasteiger partial charge in [0.2, 0.25) is 0 Å². The van der Waals surface area contributed by atoms with Gasteiger partial charge < -0.3 is 10.6 Å². The average molecular weight is 287 g/mol. The molecule has 0 bridgehead atoms. The summed E-state index contributed by atoms with van der Waals surface area (Å²) in [5.41, 5.74) is 2.15. The number of rotatable bonds is 2. The lowest BCUT2D eigenvalue weighted by molar-refractivity contribution is 0.262. The number of hydrogen-bond donors (Lipinski definition) is 2. The highest BCUT2D eigenvalue weighted by Crippen LogP contribution is 2.20. The number of urea groups is 1. The monoisotopic (exact) mass is 286 g/mol. The minimum absolute atomic E-state index is 0.345. The van der Waals surface area contributed by atoms with Gasteiger partial charge in [-0.25, -0.2) is 9.31 Å². The van der Waals surface area contributed by atoms with Crippen molar-refractivity contribution in [2.24, 2.45) is 0 Å². The van der Waals surface area contributed by atoms with Gasteiger partial charge in [-0.1, -0.05) is 23.7 Å². The van der Waals surface area contributed by atoms with E-state index in [1.807, 2.05) is 12.1 Å². The Kier molecular flexibility index (Phi) is 3.26. The van der Waals surface area contributed by atoms with Crippen molar-refractivity contribution in [1.82, 2.24) is 9.61 Å². The summed E-state index contributed by atoms with van der Waals surface area (Å²) in [6, 6.07) is 12.2. The average Bonchev–Trinajstić information content (AvgIpc) is 2.89. The standard InChI is InChI=1S/C14H11ClN4O/c15-12-3-1-2-4-13(12)18-14(20)17-10-6-8-19-11(9-10)5-7-16-19/h1-9H,(H2,17,18,20). The van der Waals surface area contributed by atoms with Gasteiger partial charge in [0.1, 0.15) is 0 Å². The van der Waals surface area contributed by atoms with Crippen molar-refractivity contribution in [3.05, 3.63) is 59.9 Å². The fraction of sp³-hybridized carbons (Fsp3) is 0. The summed E-state index contributed by atoms with van der Waals surface area (Å²) in [7, 11) is 0. The summed E-state index contributed by atoms with van der Waals surface area (Å²) in [6.45, 7) is 0. The molecular formula is C14H11ClN4O. The lowest BCUT2D eigenvalue weighted by atomic mass is 10.3. The van der Waals surface area contributed by atoms with Gasteiger partial charge in [0.25, 0.3) is 0 Å². The predicted molar refractivity (Wildman–Crippen MR) is 79.3 cm³/mol. The van der Waals surface area contributed by atoms with Crippen LogP contribution >= 0.6 is 11.6 Å². The maximum Gasteiger partial charge on any atom is 0.323 e. The summed E-state index contributed by atoms with van der Waals surface area (Å²) in [5.74, 6) is 0. The van der Waals surface area contributed by atoms with Crippen LogP contribution in [0.5, 0.6) is 0 Å². The normalized spacial score (nSPS) is 10.4. The molecule has 0 radical (unpaired) electrons. The minimum atomic E-state index is -0.345. The van der Waals surface area contributed by atoms with Crippen LogP contribution in [0.2, 0.25) is 5.02 Å². The molecular weight excluding hydrogens is 276 g/mol. The number of amides is 2. The fourth-order valence-corrected chi connectivity index (χ4v) is 2.03. The van der Waals surface area contributed by atoms with Crippen molar-refractivity contribution in [2.75, 3.05) is 10.6 Å². The number of anilines is 2. The Morgan fingerprint density at radius 1 is 1.15 bits per heavy atom. The van der Waals surface area contributed by atoms with E-state index in [2.05, 4.69) is 15.7 Å². The highest BCUT2D eigenvalue weighted by molar-refractivity contribution is 6.33. The van der Waals surface area contributed by atoms with Crippen LogP contribution < -0.4 is 10.6 Å². The largest absolute Gasteiger partial charge is 0.323 e. The predicted octanol–water partition coefficient (Wildman–Crippen LogP) is 3.63. The van der Waals surface area contributed by atoms with Gasteiger partial charge in [0, 0.05) is 18.1 Å². The van der Waals surface area contributed by atoms with E-state index in [0.29, 0.717) is 16.4 Å². The molecule has 0 saturated heterocycles. The van der Waals surface area contributed by atoms with Gasteiger partial charge in [-0.2, -0.15) is 5.10 Å². The number of carbonyl (C=O) groups excluding carboxylic acids is 1. The van der Waals surface area contributed by atoms with Gasteiger partial charge in [0.05, 0.1) is 16.2 Å². The van der Waals surface area contributed by atoms with Crippen LogP contribution in [0, 0.1) is 0 Å². The number of nitrogens with one attached hydrogen (secondary N) is 2. The summed E-state index contributed by atoms with van der Waals surface area (Å²) in [5, 5.41) is 10.0. The first kappa shape index (κ1) is 12.5. The molecule has 2 aromatic heterocycles. The third-order valence-corrected chi connectivity index (χ3v) is 3.11. The van der Waals surface area contributed by atoms with E-state index >= 15 is 0 Å². The Labute approximate surface area is 120 Å². The highest BCUT2D eigenvalue weighted by atomic mass is 35.5. The van der Waals surface area contributed by atoms with Crippen LogP contribution in [-0.2, 0) is 0 Å². The molecule has 0 aliphatic rings. The van der Waals surface area contributed by atoms with E-state index in [1.165, 1.54) is 0 Å². The van der Waals surface area contributed by atoms with Crippen LogP contribution in [-0.4, -0.2) is 15.6 Å². The first-order valence-electron chi connectivity index (χ1n) is 5.98. The maximum atomic E-state index is 11.9. The van der Waals surface area contributed by atoms with E-state index < -0.39 is 0 Å². The SMILES string of the molecule is O=C(Nc1ccn2nccc2c1)Nc1ccccc1Cl. The van der Waals surface area contributed by atoms with Crippen molar-refractivity contribution < 1.29 is 4.79 Å². The number of carbonyl (C=O) groups is 1. The summed E-state index contributed by atoms with van der Waals surface area (Å²) >= 11 is 5.98. The minimum Gasteiger partial charge on any atom is -0.308 e. The van der Waals surface area contributed by atoms with E-state index in [9.17, 15) is 4.79 Å². The molecule has 0 fully saturated rings. The molecule has 100 valence electrons. The topological polar surface area (TPSA) is 58.4 Å². The molecule has 1 aromatic carbocycles. The zero-order valence-electron chi connectivity index (χ0n) is 10.4. The van der Waals surface area contributed by atoms with E-state index in [4.69, 9.17) is 11.6 Å². The first-order chi connectivity index (χ1) is 9.72. The molecule has 3 aromatic rings. The van der Waals surface area contributed by atoms with Gasteiger partial charge in [-0.15, -0.1) is 0 Å². The third-order valence-electron chi connectivity index (χ3n) is 2.78.